The lowest BCUT2D eigenvalue weighted by atomic mass is 9.46. The molecule has 2 fully saturated rings. The van der Waals surface area contributed by atoms with Gasteiger partial charge in [-0.1, -0.05) is 43.2 Å². The molecule has 5 nitrogen and oxygen atoms in total. The zero-order valence-corrected chi connectivity index (χ0v) is 21.5. The molecular formula is C30H38O5. The number of carbonyl (C=O) groups is 2. The van der Waals surface area contributed by atoms with Crippen molar-refractivity contribution in [1.82, 2.24) is 0 Å². The molecule has 0 radical (unpaired) electrons. The summed E-state index contributed by atoms with van der Waals surface area (Å²) in [6, 6.07) is 9.32. The summed E-state index contributed by atoms with van der Waals surface area (Å²) in [7, 11) is 1.50. The van der Waals surface area contributed by atoms with E-state index in [-0.39, 0.29) is 29.9 Å². The molecule has 0 bridgehead atoms. The van der Waals surface area contributed by atoms with Crippen molar-refractivity contribution >= 4 is 11.9 Å². The van der Waals surface area contributed by atoms with Gasteiger partial charge in [-0.05, 0) is 93.4 Å². The van der Waals surface area contributed by atoms with E-state index in [1.165, 1.54) is 12.7 Å². The lowest BCUT2D eigenvalue weighted by Crippen LogP contribution is -2.53. The van der Waals surface area contributed by atoms with Crippen LogP contribution in [-0.4, -0.2) is 19.0 Å². The molecule has 1 heterocycles. The summed E-state index contributed by atoms with van der Waals surface area (Å²) in [5.41, 5.74) is 3.55. The third kappa shape index (κ3) is 4.82. The molecule has 0 spiro atoms. The van der Waals surface area contributed by atoms with Gasteiger partial charge in [-0.15, -0.1) is 0 Å². The second-order valence-electron chi connectivity index (χ2n) is 10.9. The van der Waals surface area contributed by atoms with Crippen LogP contribution < -0.4 is 0 Å². The fourth-order valence-electron chi connectivity index (χ4n) is 6.88. The summed E-state index contributed by atoms with van der Waals surface area (Å²) >= 11 is 0. The summed E-state index contributed by atoms with van der Waals surface area (Å²) in [6.45, 7) is 11.0. The van der Waals surface area contributed by atoms with Gasteiger partial charge >= 0.3 is 11.9 Å². The Hall–Kier alpha value is -2.82. The Morgan fingerprint density at radius 1 is 1.14 bits per heavy atom. The van der Waals surface area contributed by atoms with Crippen LogP contribution in [0.15, 0.2) is 53.2 Å². The molecule has 0 aliphatic heterocycles. The number of rotatable bonds is 7. The first-order valence-corrected chi connectivity index (χ1v) is 12.7. The van der Waals surface area contributed by atoms with E-state index in [4.69, 9.17) is 13.9 Å². The number of ether oxygens (including phenoxy) is 2. The van der Waals surface area contributed by atoms with E-state index in [0.717, 1.165) is 56.1 Å². The van der Waals surface area contributed by atoms with Crippen molar-refractivity contribution in [2.75, 3.05) is 7.11 Å². The molecule has 2 saturated carbocycles. The Balaban J connectivity index is 1.44. The second-order valence-corrected chi connectivity index (χ2v) is 10.9. The maximum absolute atomic E-state index is 12.8. The van der Waals surface area contributed by atoms with Crippen molar-refractivity contribution < 1.29 is 23.5 Å². The second kappa shape index (κ2) is 10.0. The number of furan rings is 1. The largest absolute Gasteiger partial charge is 0.469 e. The predicted molar refractivity (Wildman–Crippen MR) is 135 cm³/mol. The Kier molecular flexibility index (Phi) is 7.25. The van der Waals surface area contributed by atoms with Gasteiger partial charge in [0, 0.05) is 0 Å². The van der Waals surface area contributed by atoms with Crippen LogP contribution in [0.3, 0.4) is 0 Å². The molecule has 35 heavy (non-hydrogen) atoms. The standard InChI is InChI=1S/C30H38O5/c1-20-7-10-23(11-8-20)27(31)35-19-25-22(15-18-34-25)12-13-24-21(2)9-14-26-29(24,3)16-6-17-30(26,4)28(32)33-5/h7-8,10-11,15,18,24,26H,2,6,9,12-14,16-17,19H2,1,3-5H3/t24-,26-,29-,30+/m1/s1. The van der Waals surface area contributed by atoms with Gasteiger partial charge in [-0.25, -0.2) is 4.79 Å². The number of esters is 2. The van der Waals surface area contributed by atoms with Gasteiger partial charge < -0.3 is 13.9 Å². The fraction of sp³-hybridized carbons (Fsp3) is 0.533. The third-order valence-electron chi connectivity index (χ3n) is 8.83. The van der Waals surface area contributed by atoms with Crippen molar-refractivity contribution in [2.24, 2.45) is 22.7 Å². The summed E-state index contributed by atoms with van der Waals surface area (Å²) in [4.78, 5) is 25.2. The molecule has 1 aromatic heterocycles. The molecule has 0 saturated heterocycles. The third-order valence-corrected chi connectivity index (χ3v) is 8.83. The first kappa shape index (κ1) is 25.3. The van der Waals surface area contributed by atoms with Crippen LogP contribution in [0.25, 0.3) is 0 Å². The first-order valence-electron chi connectivity index (χ1n) is 12.7. The highest BCUT2D eigenvalue weighted by atomic mass is 16.5. The number of allylic oxidation sites excluding steroid dienone is 1. The lowest BCUT2D eigenvalue weighted by molar-refractivity contribution is -0.168. The van der Waals surface area contributed by atoms with Gasteiger partial charge in [0.15, 0.2) is 0 Å². The van der Waals surface area contributed by atoms with Gasteiger partial charge in [-0.2, -0.15) is 0 Å². The number of aryl methyl sites for hydroxylation is 2. The van der Waals surface area contributed by atoms with Crippen LogP contribution in [0, 0.1) is 29.6 Å². The van der Waals surface area contributed by atoms with Crippen molar-refractivity contribution in [2.45, 2.75) is 72.3 Å². The van der Waals surface area contributed by atoms with Crippen molar-refractivity contribution in [1.29, 1.82) is 0 Å². The molecule has 4 rings (SSSR count). The summed E-state index contributed by atoms with van der Waals surface area (Å²) in [5.74, 6) is 0.867. The quantitative estimate of drug-likeness (QED) is 0.322. The number of hydrogen-bond acceptors (Lipinski definition) is 5. The van der Waals surface area contributed by atoms with Crippen molar-refractivity contribution in [3.05, 3.63) is 71.2 Å². The van der Waals surface area contributed by atoms with Crippen LogP contribution in [0.1, 0.15) is 79.6 Å². The molecule has 0 unspecified atom stereocenters. The molecule has 2 aromatic rings. The van der Waals surface area contributed by atoms with Gasteiger partial charge in [-0.3, -0.25) is 4.79 Å². The highest BCUT2D eigenvalue weighted by Gasteiger charge is 2.57. The van der Waals surface area contributed by atoms with Gasteiger partial charge in [0.2, 0.25) is 0 Å². The number of carbonyl (C=O) groups excluding carboxylic acids is 2. The van der Waals surface area contributed by atoms with E-state index in [2.05, 4.69) is 20.4 Å². The molecule has 188 valence electrons. The minimum Gasteiger partial charge on any atom is -0.469 e. The topological polar surface area (TPSA) is 65.7 Å². The average Bonchev–Trinajstić information content (AvgIpc) is 3.29. The number of fused-ring (bicyclic) bond motifs is 1. The first-order chi connectivity index (χ1) is 16.7. The fourth-order valence-corrected chi connectivity index (χ4v) is 6.88. The minimum absolute atomic E-state index is 0.0122. The van der Waals surface area contributed by atoms with E-state index in [9.17, 15) is 9.59 Å². The Bertz CT molecular complexity index is 1080. The van der Waals surface area contributed by atoms with E-state index in [1.54, 1.807) is 18.4 Å². The van der Waals surface area contributed by atoms with Gasteiger partial charge in [0.1, 0.15) is 12.4 Å². The maximum atomic E-state index is 12.8. The number of methoxy groups -OCH3 is 1. The predicted octanol–water partition coefficient (Wildman–Crippen LogP) is 6.83. The molecular weight excluding hydrogens is 440 g/mol. The van der Waals surface area contributed by atoms with Gasteiger partial charge in [0.05, 0.1) is 24.4 Å². The highest BCUT2D eigenvalue weighted by molar-refractivity contribution is 5.89. The normalized spacial score (nSPS) is 28.3. The SMILES string of the molecule is C=C1CC[C@@H]2[C@](C)(CCC[C@]2(C)C(=O)OC)[C@@H]1CCc1ccoc1COC(=O)c1ccc(C)cc1. The average molecular weight is 479 g/mol. The number of hydrogen-bond donors (Lipinski definition) is 0. The lowest BCUT2D eigenvalue weighted by Gasteiger charge is -2.57. The Labute approximate surface area is 208 Å². The monoisotopic (exact) mass is 478 g/mol. The molecule has 2 aliphatic rings. The van der Waals surface area contributed by atoms with Crippen LogP contribution in [0.2, 0.25) is 0 Å². The van der Waals surface area contributed by atoms with Crippen LogP contribution >= 0.6 is 0 Å². The zero-order chi connectivity index (χ0) is 25.2. The van der Waals surface area contributed by atoms with Crippen molar-refractivity contribution in [3.8, 4) is 0 Å². The summed E-state index contributed by atoms with van der Waals surface area (Å²) in [5, 5.41) is 0. The Morgan fingerprint density at radius 3 is 2.60 bits per heavy atom. The van der Waals surface area contributed by atoms with E-state index < -0.39 is 5.41 Å². The van der Waals surface area contributed by atoms with E-state index >= 15 is 0 Å². The van der Waals surface area contributed by atoms with E-state index in [0.29, 0.717) is 17.2 Å². The zero-order valence-electron chi connectivity index (χ0n) is 21.5. The molecule has 0 N–H and O–H groups in total. The maximum Gasteiger partial charge on any atom is 0.338 e. The summed E-state index contributed by atoms with van der Waals surface area (Å²) in [6.07, 6.45) is 8.36. The van der Waals surface area contributed by atoms with Crippen molar-refractivity contribution in [3.63, 3.8) is 0 Å². The van der Waals surface area contributed by atoms with E-state index in [1.807, 2.05) is 25.1 Å². The van der Waals surface area contributed by atoms with Crippen LogP contribution in [0.4, 0.5) is 0 Å². The summed E-state index contributed by atoms with van der Waals surface area (Å²) < 4.78 is 16.5. The molecule has 2 aliphatic carbocycles. The molecule has 5 heteroatoms. The highest BCUT2D eigenvalue weighted by Crippen LogP contribution is 2.62. The molecule has 1 aromatic carbocycles. The van der Waals surface area contributed by atoms with Crippen LogP contribution in [-0.2, 0) is 27.3 Å². The van der Waals surface area contributed by atoms with Gasteiger partial charge in [0.25, 0.3) is 0 Å². The number of benzene rings is 1. The molecule has 0 amide bonds. The smallest absolute Gasteiger partial charge is 0.338 e. The Morgan fingerprint density at radius 2 is 1.89 bits per heavy atom. The minimum atomic E-state index is -0.439. The molecule has 4 atom stereocenters. The van der Waals surface area contributed by atoms with Crippen LogP contribution in [0.5, 0.6) is 0 Å².